The molecule has 0 heterocycles. The van der Waals surface area contributed by atoms with Crippen molar-refractivity contribution in [2.75, 3.05) is 0 Å². The fourth-order valence-electron chi connectivity index (χ4n) is 3.91. The summed E-state index contributed by atoms with van der Waals surface area (Å²) in [6.45, 7) is 5.59. The van der Waals surface area contributed by atoms with Gasteiger partial charge in [0.1, 0.15) is 17.3 Å². The van der Waals surface area contributed by atoms with Crippen molar-refractivity contribution in [2.24, 2.45) is 0 Å². The van der Waals surface area contributed by atoms with Crippen LogP contribution >= 0.6 is 0 Å². The molecule has 36 heavy (non-hydrogen) atoms. The van der Waals surface area contributed by atoms with Crippen LogP contribution in [-0.2, 0) is 17.6 Å². The predicted molar refractivity (Wildman–Crippen MR) is 130 cm³/mol. The molecule has 0 aliphatic heterocycles. The fourth-order valence-corrected chi connectivity index (χ4v) is 3.91. The van der Waals surface area contributed by atoms with E-state index in [0.29, 0.717) is 24.0 Å². The van der Waals surface area contributed by atoms with Crippen LogP contribution in [0.5, 0.6) is 11.5 Å². The Morgan fingerprint density at radius 1 is 0.972 bits per heavy atom. The normalized spacial score (nSPS) is 11.9. The van der Waals surface area contributed by atoms with Crippen LogP contribution in [0.15, 0.2) is 54.6 Å². The number of rotatable bonds is 10. The van der Waals surface area contributed by atoms with Crippen molar-refractivity contribution < 1.29 is 32.6 Å². The first-order valence-corrected chi connectivity index (χ1v) is 11.6. The Morgan fingerprint density at radius 2 is 1.72 bits per heavy atom. The molecule has 3 aromatic carbocycles. The van der Waals surface area contributed by atoms with Gasteiger partial charge >= 0.3 is 5.97 Å². The highest BCUT2D eigenvalue weighted by atomic mass is 19.3. The van der Waals surface area contributed by atoms with Crippen molar-refractivity contribution in [3.63, 3.8) is 0 Å². The van der Waals surface area contributed by atoms with Crippen LogP contribution in [0.4, 0.5) is 13.2 Å². The quantitative estimate of drug-likeness (QED) is 0.317. The lowest BCUT2D eigenvalue weighted by molar-refractivity contribution is -0.136. The standard InChI is InChI=1S/C28H28F3NO4/c1-4-18-13-22(8-5-19(18)7-10-26(33)34)36-23-12-16(2)11-21(14-23)17(3)32-28(35)24-9-6-20(27(30)31)15-25(24)29/h5-6,8-9,11-15,17,27H,4,7,10H2,1-3H3,(H,32,35)(H,33,34). The Balaban J connectivity index is 1.76. The van der Waals surface area contributed by atoms with Crippen LogP contribution < -0.4 is 10.1 Å². The molecule has 8 heteroatoms. The summed E-state index contributed by atoms with van der Waals surface area (Å²) in [5, 5.41) is 11.7. The number of aryl methyl sites for hydroxylation is 3. The van der Waals surface area contributed by atoms with E-state index in [9.17, 15) is 22.8 Å². The number of nitrogens with one attached hydrogen (secondary N) is 1. The van der Waals surface area contributed by atoms with E-state index in [0.717, 1.165) is 40.8 Å². The third kappa shape index (κ3) is 6.87. The molecule has 0 aliphatic rings. The van der Waals surface area contributed by atoms with Crippen molar-refractivity contribution in [1.82, 2.24) is 5.32 Å². The zero-order chi connectivity index (χ0) is 26.4. The van der Waals surface area contributed by atoms with E-state index in [-0.39, 0.29) is 12.0 Å². The molecule has 190 valence electrons. The first-order chi connectivity index (χ1) is 17.1. The summed E-state index contributed by atoms with van der Waals surface area (Å²) < 4.78 is 45.8. The Labute approximate surface area is 207 Å². The molecule has 0 spiro atoms. The molecule has 0 aliphatic carbocycles. The molecule has 0 saturated carbocycles. The molecule has 3 aromatic rings. The van der Waals surface area contributed by atoms with Gasteiger partial charge in [-0.05, 0) is 85.3 Å². The molecule has 0 radical (unpaired) electrons. The Morgan fingerprint density at radius 3 is 2.36 bits per heavy atom. The van der Waals surface area contributed by atoms with E-state index in [4.69, 9.17) is 9.84 Å². The average molecular weight is 500 g/mol. The molecule has 3 rings (SSSR count). The zero-order valence-corrected chi connectivity index (χ0v) is 20.3. The van der Waals surface area contributed by atoms with Crippen LogP contribution in [0.2, 0.25) is 0 Å². The number of aliphatic carboxylic acids is 1. The molecule has 0 bridgehead atoms. The Hall–Kier alpha value is -3.81. The van der Waals surface area contributed by atoms with Crippen molar-refractivity contribution in [3.8, 4) is 11.5 Å². The number of halogens is 3. The molecule has 0 aromatic heterocycles. The summed E-state index contributed by atoms with van der Waals surface area (Å²) in [4.78, 5) is 23.5. The van der Waals surface area contributed by atoms with Gasteiger partial charge in [-0.1, -0.05) is 25.1 Å². The summed E-state index contributed by atoms with van der Waals surface area (Å²) in [6.07, 6.45) is -1.60. The van der Waals surface area contributed by atoms with Crippen molar-refractivity contribution in [2.45, 2.75) is 52.5 Å². The number of carbonyl (C=O) groups excluding carboxylic acids is 1. The van der Waals surface area contributed by atoms with Gasteiger partial charge in [0.05, 0.1) is 11.6 Å². The van der Waals surface area contributed by atoms with Gasteiger partial charge in [0.25, 0.3) is 12.3 Å². The largest absolute Gasteiger partial charge is 0.481 e. The second-order valence-corrected chi connectivity index (χ2v) is 8.59. The van der Waals surface area contributed by atoms with E-state index in [1.807, 2.05) is 38.1 Å². The summed E-state index contributed by atoms with van der Waals surface area (Å²) in [7, 11) is 0. The molecular formula is C28H28F3NO4. The lowest BCUT2D eigenvalue weighted by Gasteiger charge is -2.17. The lowest BCUT2D eigenvalue weighted by atomic mass is 10.0. The van der Waals surface area contributed by atoms with Gasteiger partial charge in [-0.15, -0.1) is 0 Å². The smallest absolute Gasteiger partial charge is 0.303 e. The third-order valence-corrected chi connectivity index (χ3v) is 5.81. The molecule has 1 atom stereocenters. The number of benzene rings is 3. The maximum Gasteiger partial charge on any atom is 0.303 e. The van der Waals surface area contributed by atoms with E-state index < -0.39 is 35.7 Å². The van der Waals surface area contributed by atoms with Gasteiger partial charge in [0.15, 0.2) is 0 Å². The number of alkyl halides is 2. The van der Waals surface area contributed by atoms with Gasteiger partial charge < -0.3 is 15.2 Å². The van der Waals surface area contributed by atoms with Gasteiger partial charge in [-0.25, -0.2) is 13.2 Å². The van der Waals surface area contributed by atoms with Crippen LogP contribution in [-0.4, -0.2) is 17.0 Å². The average Bonchev–Trinajstić information content (AvgIpc) is 2.82. The minimum absolute atomic E-state index is 0.0539. The Bertz CT molecular complexity index is 1260. The lowest BCUT2D eigenvalue weighted by Crippen LogP contribution is -2.27. The molecular weight excluding hydrogens is 471 g/mol. The summed E-state index contributed by atoms with van der Waals surface area (Å²) in [6, 6.07) is 13.2. The number of ether oxygens (including phenoxy) is 1. The van der Waals surface area contributed by atoms with Gasteiger partial charge in [0.2, 0.25) is 0 Å². The summed E-state index contributed by atoms with van der Waals surface area (Å²) in [5.74, 6) is -1.43. The highest BCUT2D eigenvalue weighted by molar-refractivity contribution is 5.94. The van der Waals surface area contributed by atoms with Crippen LogP contribution in [0.3, 0.4) is 0 Å². The van der Waals surface area contributed by atoms with E-state index in [1.165, 1.54) is 0 Å². The van der Waals surface area contributed by atoms with E-state index >= 15 is 0 Å². The molecule has 1 amide bonds. The maximum atomic E-state index is 14.2. The predicted octanol–water partition coefficient (Wildman–Crippen LogP) is 6.93. The summed E-state index contributed by atoms with van der Waals surface area (Å²) in [5.41, 5.74) is 2.76. The van der Waals surface area contributed by atoms with E-state index in [1.54, 1.807) is 19.1 Å². The van der Waals surface area contributed by atoms with Gasteiger partial charge in [0, 0.05) is 12.0 Å². The number of hydrogen-bond acceptors (Lipinski definition) is 3. The molecule has 2 N–H and O–H groups in total. The topological polar surface area (TPSA) is 75.6 Å². The minimum atomic E-state index is -2.82. The third-order valence-electron chi connectivity index (χ3n) is 5.81. The second kappa shape index (κ2) is 11.7. The minimum Gasteiger partial charge on any atom is -0.481 e. The van der Waals surface area contributed by atoms with Crippen molar-refractivity contribution in [1.29, 1.82) is 0 Å². The highest BCUT2D eigenvalue weighted by Gasteiger charge is 2.18. The van der Waals surface area contributed by atoms with Gasteiger partial charge in [-0.3, -0.25) is 9.59 Å². The summed E-state index contributed by atoms with van der Waals surface area (Å²) >= 11 is 0. The van der Waals surface area contributed by atoms with E-state index in [2.05, 4.69) is 5.32 Å². The maximum absolute atomic E-state index is 14.2. The van der Waals surface area contributed by atoms with Crippen molar-refractivity contribution in [3.05, 3.63) is 93.8 Å². The molecule has 5 nitrogen and oxygen atoms in total. The van der Waals surface area contributed by atoms with Crippen LogP contribution in [0, 0.1) is 12.7 Å². The Kier molecular flexibility index (Phi) is 8.74. The molecule has 0 fully saturated rings. The number of carboxylic acids is 1. The first-order valence-electron chi connectivity index (χ1n) is 11.6. The van der Waals surface area contributed by atoms with Gasteiger partial charge in [-0.2, -0.15) is 0 Å². The number of carbonyl (C=O) groups is 2. The fraction of sp³-hybridized carbons (Fsp3) is 0.286. The monoisotopic (exact) mass is 499 g/mol. The number of carboxylic acid groups (broad SMARTS) is 1. The molecule has 1 unspecified atom stereocenters. The van der Waals surface area contributed by atoms with Crippen molar-refractivity contribution >= 4 is 11.9 Å². The van der Waals surface area contributed by atoms with Crippen LogP contribution in [0.1, 0.15) is 70.9 Å². The molecule has 0 saturated heterocycles. The number of hydrogen-bond donors (Lipinski definition) is 2. The zero-order valence-electron chi connectivity index (χ0n) is 20.3. The SMILES string of the molecule is CCc1cc(Oc2cc(C)cc(C(C)NC(=O)c3ccc(C(F)F)cc3F)c2)ccc1CCC(=O)O. The van der Waals surface area contributed by atoms with Crippen LogP contribution in [0.25, 0.3) is 0 Å². The second-order valence-electron chi connectivity index (χ2n) is 8.59. The number of amides is 1. The highest BCUT2D eigenvalue weighted by Crippen LogP contribution is 2.29. The first kappa shape index (κ1) is 26.8.